The van der Waals surface area contributed by atoms with Crippen molar-refractivity contribution >= 4 is 0 Å². The molecule has 0 radical (unpaired) electrons. The van der Waals surface area contributed by atoms with Gasteiger partial charge < -0.3 is 0 Å². The molecule has 0 unspecified atom stereocenters. The SMILES string of the molecule is CCc1ccc(C(F)F)cc1. The molecule has 0 bridgehead atoms. The lowest BCUT2D eigenvalue weighted by Gasteiger charge is -1.99. The lowest BCUT2D eigenvalue weighted by atomic mass is 10.1. The number of halogens is 2. The molecule has 60 valence electrons. The molecule has 0 heterocycles. The van der Waals surface area contributed by atoms with Gasteiger partial charge in [0, 0.05) is 5.56 Å². The Kier molecular flexibility index (Phi) is 2.58. The van der Waals surface area contributed by atoms with Crippen LogP contribution in [0.5, 0.6) is 0 Å². The molecule has 0 atom stereocenters. The Bertz CT molecular complexity index is 214. The van der Waals surface area contributed by atoms with Crippen molar-refractivity contribution in [2.45, 2.75) is 19.8 Å². The van der Waals surface area contributed by atoms with Crippen LogP contribution in [0.15, 0.2) is 24.3 Å². The zero-order valence-electron chi connectivity index (χ0n) is 6.35. The third kappa shape index (κ3) is 2.00. The van der Waals surface area contributed by atoms with E-state index in [4.69, 9.17) is 0 Å². The van der Waals surface area contributed by atoms with Crippen LogP contribution in [0.3, 0.4) is 0 Å². The minimum absolute atomic E-state index is 0.0993. The van der Waals surface area contributed by atoms with Crippen molar-refractivity contribution in [3.05, 3.63) is 35.4 Å². The van der Waals surface area contributed by atoms with Gasteiger partial charge in [0.2, 0.25) is 0 Å². The zero-order valence-corrected chi connectivity index (χ0v) is 6.35. The fraction of sp³-hybridized carbons (Fsp3) is 0.333. The Labute approximate surface area is 64.9 Å². The van der Waals surface area contributed by atoms with Crippen LogP contribution in [0.4, 0.5) is 8.78 Å². The Morgan fingerprint density at radius 3 is 2.09 bits per heavy atom. The molecule has 0 saturated heterocycles. The first-order valence-corrected chi connectivity index (χ1v) is 3.61. The number of hydrogen-bond donors (Lipinski definition) is 0. The molecular formula is C9H10F2. The predicted octanol–water partition coefficient (Wildman–Crippen LogP) is 3.19. The van der Waals surface area contributed by atoms with Gasteiger partial charge in [-0.2, -0.15) is 0 Å². The van der Waals surface area contributed by atoms with E-state index in [1.165, 1.54) is 12.1 Å². The van der Waals surface area contributed by atoms with Crippen LogP contribution in [0.1, 0.15) is 24.5 Å². The lowest BCUT2D eigenvalue weighted by molar-refractivity contribution is 0.151. The van der Waals surface area contributed by atoms with Crippen molar-refractivity contribution in [1.82, 2.24) is 0 Å². The third-order valence-corrected chi connectivity index (χ3v) is 1.64. The van der Waals surface area contributed by atoms with Gasteiger partial charge in [0.15, 0.2) is 0 Å². The van der Waals surface area contributed by atoms with Crippen LogP contribution in [-0.4, -0.2) is 0 Å². The number of benzene rings is 1. The van der Waals surface area contributed by atoms with Crippen LogP contribution < -0.4 is 0 Å². The summed E-state index contributed by atoms with van der Waals surface area (Å²) in [6, 6.07) is 6.43. The number of hydrogen-bond acceptors (Lipinski definition) is 0. The topological polar surface area (TPSA) is 0 Å². The summed E-state index contributed by atoms with van der Waals surface area (Å²) >= 11 is 0. The quantitative estimate of drug-likeness (QED) is 0.616. The molecule has 1 aromatic rings. The molecule has 0 saturated carbocycles. The third-order valence-electron chi connectivity index (χ3n) is 1.64. The van der Waals surface area contributed by atoms with Gasteiger partial charge >= 0.3 is 0 Å². The first-order valence-electron chi connectivity index (χ1n) is 3.61. The van der Waals surface area contributed by atoms with E-state index in [0.29, 0.717) is 0 Å². The summed E-state index contributed by atoms with van der Waals surface area (Å²) in [5.74, 6) is 0. The molecule has 1 rings (SSSR count). The predicted molar refractivity (Wildman–Crippen MR) is 40.8 cm³/mol. The maximum Gasteiger partial charge on any atom is 0.263 e. The van der Waals surface area contributed by atoms with Gasteiger partial charge in [-0.05, 0) is 12.0 Å². The minimum Gasteiger partial charge on any atom is -0.205 e. The molecule has 0 aliphatic heterocycles. The van der Waals surface area contributed by atoms with Gasteiger partial charge in [-0.1, -0.05) is 31.2 Å². The van der Waals surface area contributed by atoms with Crippen molar-refractivity contribution < 1.29 is 8.78 Å². The highest BCUT2D eigenvalue weighted by atomic mass is 19.3. The molecule has 0 aliphatic carbocycles. The monoisotopic (exact) mass is 156 g/mol. The van der Waals surface area contributed by atoms with E-state index in [2.05, 4.69) is 0 Å². The molecule has 0 N–H and O–H groups in total. The largest absolute Gasteiger partial charge is 0.263 e. The molecule has 1 aromatic carbocycles. The Balaban J connectivity index is 2.83. The van der Waals surface area contributed by atoms with Gasteiger partial charge in [-0.15, -0.1) is 0 Å². The molecule has 11 heavy (non-hydrogen) atoms. The summed E-state index contributed by atoms with van der Waals surface area (Å²) in [5.41, 5.74) is 1.19. The molecule has 2 heteroatoms. The first-order chi connectivity index (χ1) is 5.24. The Hall–Kier alpha value is -0.920. The van der Waals surface area contributed by atoms with Crippen LogP contribution in [0.2, 0.25) is 0 Å². The summed E-state index contributed by atoms with van der Waals surface area (Å²) in [5, 5.41) is 0. The van der Waals surface area contributed by atoms with Gasteiger partial charge in [-0.25, -0.2) is 8.78 Å². The van der Waals surface area contributed by atoms with Crippen molar-refractivity contribution in [2.75, 3.05) is 0 Å². The first kappa shape index (κ1) is 8.18. The number of aryl methyl sites for hydroxylation is 1. The van der Waals surface area contributed by atoms with Crippen LogP contribution in [-0.2, 0) is 6.42 Å². The van der Waals surface area contributed by atoms with E-state index >= 15 is 0 Å². The maximum atomic E-state index is 12.0. The second-order valence-electron chi connectivity index (χ2n) is 2.40. The van der Waals surface area contributed by atoms with E-state index in [0.717, 1.165) is 12.0 Å². The van der Waals surface area contributed by atoms with Crippen LogP contribution in [0, 0.1) is 0 Å². The minimum atomic E-state index is -2.35. The fourth-order valence-electron chi connectivity index (χ4n) is 0.899. The van der Waals surface area contributed by atoms with Gasteiger partial charge in [-0.3, -0.25) is 0 Å². The zero-order chi connectivity index (χ0) is 8.27. The van der Waals surface area contributed by atoms with E-state index in [1.807, 2.05) is 6.92 Å². The van der Waals surface area contributed by atoms with Crippen molar-refractivity contribution in [3.8, 4) is 0 Å². The average molecular weight is 156 g/mol. The number of rotatable bonds is 2. The highest BCUT2D eigenvalue weighted by Crippen LogP contribution is 2.18. The highest BCUT2D eigenvalue weighted by molar-refractivity contribution is 5.22. The van der Waals surface area contributed by atoms with E-state index in [-0.39, 0.29) is 5.56 Å². The summed E-state index contributed by atoms with van der Waals surface area (Å²) < 4.78 is 24.0. The van der Waals surface area contributed by atoms with E-state index < -0.39 is 6.43 Å². The van der Waals surface area contributed by atoms with E-state index in [9.17, 15) is 8.78 Å². The smallest absolute Gasteiger partial charge is 0.205 e. The Morgan fingerprint density at radius 1 is 1.18 bits per heavy atom. The normalized spacial score (nSPS) is 10.5. The van der Waals surface area contributed by atoms with Crippen LogP contribution >= 0.6 is 0 Å². The van der Waals surface area contributed by atoms with Crippen molar-refractivity contribution in [1.29, 1.82) is 0 Å². The van der Waals surface area contributed by atoms with E-state index in [1.54, 1.807) is 12.1 Å². The molecular weight excluding hydrogens is 146 g/mol. The molecule has 0 nitrogen and oxygen atoms in total. The average Bonchev–Trinajstić information content (AvgIpc) is 2.05. The second-order valence-corrected chi connectivity index (χ2v) is 2.40. The molecule has 0 aromatic heterocycles. The van der Waals surface area contributed by atoms with Crippen molar-refractivity contribution in [3.63, 3.8) is 0 Å². The van der Waals surface area contributed by atoms with Gasteiger partial charge in [0.05, 0.1) is 0 Å². The molecule has 0 fully saturated rings. The second kappa shape index (κ2) is 3.46. The number of alkyl halides is 2. The molecule has 0 amide bonds. The summed E-state index contributed by atoms with van der Waals surface area (Å²) in [4.78, 5) is 0. The van der Waals surface area contributed by atoms with Crippen LogP contribution in [0.25, 0.3) is 0 Å². The standard InChI is InChI=1S/C9H10F2/c1-2-7-3-5-8(6-4-7)9(10)11/h3-6,9H,2H2,1H3. The summed E-state index contributed by atoms with van der Waals surface area (Å²) in [7, 11) is 0. The maximum absolute atomic E-state index is 12.0. The lowest BCUT2D eigenvalue weighted by Crippen LogP contribution is -1.84. The summed E-state index contributed by atoms with van der Waals surface area (Å²) in [6.45, 7) is 2.00. The highest BCUT2D eigenvalue weighted by Gasteiger charge is 2.04. The molecule has 0 aliphatic rings. The van der Waals surface area contributed by atoms with Gasteiger partial charge in [0.25, 0.3) is 6.43 Å². The fourth-order valence-corrected chi connectivity index (χ4v) is 0.899. The van der Waals surface area contributed by atoms with Gasteiger partial charge in [0.1, 0.15) is 0 Å². The summed E-state index contributed by atoms with van der Waals surface area (Å²) in [6.07, 6.45) is -1.45. The Morgan fingerprint density at radius 2 is 1.73 bits per heavy atom. The van der Waals surface area contributed by atoms with Crippen molar-refractivity contribution in [2.24, 2.45) is 0 Å². The molecule has 0 spiro atoms.